The van der Waals surface area contributed by atoms with Gasteiger partial charge in [0, 0.05) is 0 Å². The number of aliphatic hydroxyl groups excluding tert-OH is 2. The largest absolute Gasteiger partial charge is 0.460 e. The van der Waals surface area contributed by atoms with Crippen molar-refractivity contribution in [1.82, 2.24) is 9.97 Å². The maximum Gasteiger partial charge on any atom is 0.317 e. The Morgan fingerprint density at radius 3 is 1.29 bits per heavy atom. The van der Waals surface area contributed by atoms with Crippen molar-refractivity contribution in [3.05, 3.63) is 94.6 Å². The molecule has 0 aliphatic carbocycles. The smallest absolute Gasteiger partial charge is 0.317 e. The summed E-state index contributed by atoms with van der Waals surface area (Å²) in [7, 11) is 0. The Labute approximate surface area is 217 Å². The number of aromatic nitrogens is 2. The molecule has 3 aromatic rings. The average molecular weight is 523 g/mol. The molecule has 198 valence electrons. The molecule has 12 nitrogen and oxygen atoms in total. The van der Waals surface area contributed by atoms with Gasteiger partial charge >= 0.3 is 11.9 Å². The predicted octanol–water partition coefficient (Wildman–Crippen LogP) is 0.313. The summed E-state index contributed by atoms with van der Waals surface area (Å²) in [5.74, 6) is -7.41. The lowest BCUT2D eigenvalue weighted by Crippen LogP contribution is -2.32. The Morgan fingerprint density at radius 2 is 1.00 bits per heavy atom. The van der Waals surface area contributed by atoms with Gasteiger partial charge in [0.25, 0.3) is 11.8 Å². The van der Waals surface area contributed by atoms with Gasteiger partial charge in [-0.15, -0.1) is 0 Å². The molecule has 2 unspecified atom stereocenters. The number of hydrogen-bond donors (Lipinski definition) is 4. The molecule has 2 amide bonds. The first-order chi connectivity index (χ1) is 18.3. The minimum Gasteiger partial charge on any atom is -0.460 e. The lowest BCUT2D eigenvalue weighted by Gasteiger charge is -2.20. The fourth-order valence-electron chi connectivity index (χ4n) is 3.51. The molecule has 0 saturated carbocycles. The number of esters is 2. The topological polar surface area (TPSA) is 205 Å². The van der Waals surface area contributed by atoms with Crippen molar-refractivity contribution in [1.29, 1.82) is 0 Å². The fraction of sp³-hybridized carbons (Fsp3) is 0.231. The van der Waals surface area contributed by atoms with Crippen LogP contribution in [0.2, 0.25) is 0 Å². The number of hydrogen-bond acceptors (Lipinski definition) is 10. The number of nitrogens with zero attached hydrogens (tertiary/aromatic N) is 2. The van der Waals surface area contributed by atoms with Crippen LogP contribution in [0.1, 0.15) is 55.3 Å². The molecule has 0 fully saturated rings. The maximum atomic E-state index is 12.8. The Kier molecular flexibility index (Phi) is 9.57. The summed E-state index contributed by atoms with van der Waals surface area (Å²) in [6.45, 7) is -2.03. The van der Waals surface area contributed by atoms with Crippen LogP contribution in [-0.2, 0) is 32.3 Å². The van der Waals surface area contributed by atoms with E-state index in [1.165, 1.54) is 0 Å². The van der Waals surface area contributed by atoms with Crippen LogP contribution in [0.5, 0.6) is 0 Å². The van der Waals surface area contributed by atoms with E-state index in [0.29, 0.717) is 11.1 Å². The molecule has 0 spiro atoms. The number of carbonyl (C=O) groups is 4. The summed E-state index contributed by atoms with van der Waals surface area (Å²) >= 11 is 0. The van der Waals surface area contributed by atoms with E-state index in [-0.39, 0.29) is 13.2 Å². The third-order valence-electron chi connectivity index (χ3n) is 5.46. The average Bonchev–Trinajstić information content (AvgIpc) is 2.92. The van der Waals surface area contributed by atoms with Crippen LogP contribution in [-0.4, -0.2) is 57.1 Å². The lowest BCUT2D eigenvalue weighted by atomic mass is 9.99. The molecular weight excluding hydrogens is 496 g/mol. The van der Waals surface area contributed by atoms with Crippen molar-refractivity contribution in [3.8, 4) is 0 Å². The SMILES string of the molecule is NC(=O)c1nc(C(CO)C(=O)OCc2ccccc2)c(C(N)=O)nc1C(CO)C(=O)OCc1ccccc1. The third kappa shape index (κ3) is 6.75. The zero-order chi connectivity index (χ0) is 27.7. The monoisotopic (exact) mass is 522 g/mol. The van der Waals surface area contributed by atoms with Crippen LogP contribution >= 0.6 is 0 Å². The van der Waals surface area contributed by atoms with Crippen LogP contribution in [0.3, 0.4) is 0 Å². The van der Waals surface area contributed by atoms with Crippen molar-refractivity contribution in [3.63, 3.8) is 0 Å². The van der Waals surface area contributed by atoms with E-state index >= 15 is 0 Å². The van der Waals surface area contributed by atoms with Crippen LogP contribution in [0.25, 0.3) is 0 Å². The maximum absolute atomic E-state index is 12.8. The number of amides is 2. The van der Waals surface area contributed by atoms with Gasteiger partial charge in [0.15, 0.2) is 11.4 Å². The first kappa shape index (κ1) is 27.9. The quantitative estimate of drug-likeness (QED) is 0.240. The zero-order valence-electron chi connectivity index (χ0n) is 20.1. The number of carbonyl (C=O) groups excluding carboxylic acids is 4. The number of rotatable bonds is 12. The van der Waals surface area contributed by atoms with E-state index in [1.54, 1.807) is 60.7 Å². The second-order valence-electron chi connectivity index (χ2n) is 8.08. The summed E-state index contributed by atoms with van der Waals surface area (Å²) in [6.07, 6.45) is 0. The molecule has 6 N–H and O–H groups in total. The normalized spacial score (nSPS) is 12.3. The Balaban J connectivity index is 1.95. The Hall–Kier alpha value is -4.68. The highest BCUT2D eigenvalue weighted by atomic mass is 16.5. The second kappa shape index (κ2) is 13.0. The molecule has 1 heterocycles. The van der Waals surface area contributed by atoms with Crippen LogP contribution in [0.4, 0.5) is 0 Å². The summed E-state index contributed by atoms with van der Waals surface area (Å²) in [4.78, 5) is 58.1. The van der Waals surface area contributed by atoms with Crippen LogP contribution in [0.15, 0.2) is 60.7 Å². The van der Waals surface area contributed by atoms with Crippen molar-refractivity contribution in [2.24, 2.45) is 11.5 Å². The molecule has 0 radical (unpaired) electrons. The van der Waals surface area contributed by atoms with Gasteiger partial charge in [-0.3, -0.25) is 19.2 Å². The molecule has 0 aliphatic heterocycles. The van der Waals surface area contributed by atoms with E-state index in [2.05, 4.69) is 9.97 Å². The number of benzene rings is 2. The molecule has 0 saturated heterocycles. The van der Waals surface area contributed by atoms with Crippen molar-refractivity contribution in [2.75, 3.05) is 13.2 Å². The second-order valence-corrected chi connectivity index (χ2v) is 8.08. The van der Waals surface area contributed by atoms with Gasteiger partial charge in [-0.1, -0.05) is 60.7 Å². The first-order valence-corrected chi connectivity index (χ1v) is 11.4. The van der Waals surface area contributed by atoms with Crippen LogP contribution in [0, 0.1) is 0 Å². The van der Waals surface area contributed by atoms with Crippen molar-refractivity contribution < 1.29 is 38.9 Å². The van der Waals surface area contributed by atoms with Gasteiger partial charge < -0.3 is 31.2 Å². The number of primary amides is 2. The molecule has 3 rings (SSSR count). The van der Waals surface area contributed by atoms with Crippen molar-refractivity contribution in [2.45, 2.75) is 25.0 Å². The van der Waals surface area contributed by atoms with E-state index in [4.69, 9.17) is 20.9 Å². The Bertz CT molecular complexity index is 1200. The molecule has 1 aromatic heterocycles. The van der Waals surface area contributed by atoms with Crippen molar-refractivity contribution >= 4 is 23.8 Å². The minimum absolute atomic E-state index is 0.143. The Morgan fingerprint density at radius 1 is 0.658 bits per heavy atom. The number of nitrogens with two attached hydrogens (primary N) is 2. The molecule has 2 atom stereocenters. The van der Waals surface area contributed by atoms with Gasteiger partial charge in [-0.05, 0) is 11.1 Å². The van der Waals surface area contributed by atoms with E-state index < -0.39 is 71.6 Å². The van der Waals surface area contributed by atoms with Gasteiger partial charge in [0.05, 0.1) is 24.6 Å². The van der Waals surface area contributed by atoms with Gasteiger partial charge in [0.1, 0.15) is 25.0 Å². The molecule has 0 aliphatic rings. The van der Waals surface area contributed by atoms with Gasteiger partial charge in [0.2, 0.25) is 0 Å². The van der Waals surface area contributed by atoms with E-state index in [9.17, 15) is 29.4 Å². The molecule has 12 heteroatoms. The lowest BCUT2D eigenvalue weighted by molar-refractivity contribution is -0.149. The zero-order valence-corrected chi connectivity index (χ0v) is 20.1. The predicted molar refractivity (Wildman–Crippen MR) is 131 cm³/mol. The number of aliphatic hydroxyl groups is 2. The van der Waals surface area contributed by atoms with E-state index in [1.807, 2.05) is 0 Å². The summed E-state index contributed by atoms with van der Waals surface area (Å²) in [5.41, 5.74) is 10.1. The van der Waals surface area contributed by atoms with Gasteiger partial charge in [-0.25, -0.2) is 9.97 Å². The summed E-state index contributed by atoms with van der Waals surface area (Å²) in [6, 6.07) is 17.4. The minimum atomic E-state index is -1.56. The van der Waals surface area contributed by atoms with Gasteiger partial charge in [-0.2, -0.15) is 0 Å². The summed E-state index contributed by atoms with van der Waals surface area (Å²) < 4.78 is 10.5. The summed E-state index contributed by atoms with van der Waals surface area (Å²) in [5, 5.41) is 19.8. The highest BCUT2D eigenvalue weighted by Crippen LogP contribution is 2.25. The number of ether oxygens (including phenoxy) is 2. The highest BCUT2D eigenvalue weighted by Gasteiger charge is 2.35. The highest BCUT2D eigenvalue weighted by molar-refractivity contribution is 5.97. The standard InChI is InChI=1S/C26H26N4O8/c27-23(33)21-19(17(11-31)25(35)37-13-15-7-3-1-4-8-15)29-22(24(28)34)20(30-21)18(12-32)26(36)38-14-16-9-5-2-6-10-16/h1-10,17-18,31-32H,11-14H2,(H2,27,33)(H2,28,34). The first-order valence-electron chi connectivity index (χ1n) is 11.4. The molecular formula is C26H26N4O8. The molecule has 2 aromatic carbocycles. The molecule has 0 bridgehead atoms. The molecule has 38 heavy (non-hydrogen) atoms. The fourth-order valence-corrected chi connectivity index (χ4v) is 3.51. The third-order valence-corrected chi connectivity index (χ3v) is 5.46. The van der Waals surface area contributed by atoms with Crippen LogP contribution < -0.4 is 11.5 Å². The van der Waals surface area contributed by atoms with E-state index in [0.717, 1.165) is 0 Å².